The van der Waals surface area contributed by atoms with Gasteiger partial charge in [0.1, 0.15) is 0 Å². The zero-order chi connectivity index (χ0) is 13.8. The molecule has 1 aromatic carbocycles. The van der Waals surface area contributed by atoms with Crippen LogP contribution in [0.1, 0.15) is 41.6 Å². The molecule has 0 spiro atoms. The maximum atomic E-state index is 12.2. The Labute approximate surface area is 128 Å². The number of carbonyl (C=O) groups excluding carboxylic acids is 1. The van der Waals surface area contributed by atoms with Gasteiger partial charge in [-0.05, 0) is 43.4 Å². The minimum Gasteiger partial charge on any atom is -0.352 e. The van der Waals surface area contributed by atoms with E-state index in [1.165, 1.54) is 12.8 Å². The smallest absolute Gasteiger partial charge is 0.251 e. The van der Waals surface area contributed by atoms with E-state index >= 15 is 0 Å². The molecule has 0 saturated heterocycles. The number of hydrogen-bond acceptors (Lipinski definition) is 1. The van der Waals surface area contributed by atoms with Crippen LogP contribution < -0.4 is 5.32 Å². The average Bonchev–Trinajstić information content (AvgIpc) is 2.40. The fourth-order valence-electron chi connectivity index (χ4n) is 2.56. The van der Waals surface area contributed by atoms with E-state index in [0.29, 0.717) is 12.5 Å². The number of carbonyl (C=O) groups is 1. The molecule has 104 valence electrons. The summed E-state index contributed by atoms with van der Waals surface area (Å²) in [6.45, 7) is 2.63. The van der Waals surface area contributed by atoms with Crippen molar-refractivity contribution >= 4 is 33.4 Å². The third kappa shape index (κ3) is 3.73. The third-order valence-corrected chi connectivity index (χ3v) is 5.29. The molecule has 0 aromatic heterocycles. The van der Waals surface area contributed by atoms with Crippen molar-refractivity contribution in [3.63, 3.8) is 0 Å². The average molecular weight is 345 g/mol. The van der Waals surface area contributed by atoms with Crippen molar-refractivity contribution in [2.45, 2.75) is 38.0 Å². The maximum absolute atomic E-state index is 12.2. The molecule has 0 bridgehead atoms. The molecule has 1 aromatic rings. The van der Waals surface area contributed by atoms with E-state index < -0.39 is 0 Å². The van der Waals surface area contributed by atoms with Gasteiger partial charge in [-0.25, -0.2) is 0 Å². The minimum absolute atomic E-state index is 0.00626. The summed E-state index contributed by atoms with van der Waals surface area (Å²) in [5.74, 6) is 0.403. The molecule has 0 radical (unpaired) electrons. The summed E-state index contributed by atoms with van der Waals surface area (Å²) in [7, 11) is 0. The Bertz CT molecular complexity index is 463. The standard InChI is InChI=1S/C15H19BrClNO/c1-10-12(6-4-7-13(10)16)15(19)18-9-11-5-2-3-8-14(11)17/h4,6-7,11,14H,2-3,5,8-9H2,1H3,(H,18,19). The Morgan fingerprint density at radius 3 is 2.89 bits per heavy atom. The first-order valence-corrected chi connectivity index (χ1v) is 8.00. The van der Waals surface area contributed by atoms with Crippen LogP contribution in [0.15, 0.2) is 22.7 Å². The van der Waals surface area contributed by atoms with Crippen LogP contribution in [0.2, 0.25) is 0 Å². The highest BCUT2D eigenvalue weighted by Crippen LogP contribution is 2.28. The quantitative estimate of drug-likeness (QED) is 0.815. The molecular formula is C15H19BrClNO. The van der Waals surface area contributed by atoms with E-state index in [4.69, 9.17) is 11.6 Å². The number of benzene rings is 1. The van der Waals surface area contributed by atoms with Crippen molar-refractivity contribution in [2.75, 3.05) is 6.54 Å². The highest BCUT2D eigenvalue weighted by molar-refractivity contribution is 9.10. The molecule has 1 N–H and O–H groups in total. The summed E-state index contributed by atoms with van der Waals surface area (Å²) in [6, 6.07) is 5.69. The fraction of sp³-hybridized carbons (Fsp3) is 0.533. The lowest BCUT2D eigenvalue weighted by atomic mass is 9.88. The Hall–Kier alpha value is -0.540. The first-order valence-electron chi connectivity index (χ1n) is 6.77. The molecule has 2 unspecified atom stereocenters. The van der Waals surface area contributed by atoms with Gasteiger partial charge in [0.2, 0.25) is 0 Å². The molecule has 1 aliphatic carbocycles. The SMILES string of the molecule is Cc1c(Br)cccc1C(=O)NCC1CCCCC1Cl. The van der Waals surface area contributed by atoms with Gasteiger partial charge in [-0.2, -0.15) is 0 Å². The maximum Gasteiger partial charge on any atom is 0.251 e. The summed E-state index contributed by atoms with van der Waals surface area (Å²) in [6.07, 6.45) is 4.62. The lowest BCUT2D eigenvalue weighted by molar-refractivity contribution is 0.0943. The molecule has 0 heterocycles. The van der Waals surface area contributed by atoms with E-state index in [0.717, 1.165) is 28.4 Å². The van der Waals surface area contributed by atoms with E-state index in [9.17, 15) is 4.79 Å². The third-order valence-electron chi connectivity index (χ3n) is 3.85. The van der Waals surface area contributed by atoms with Crippen molar-refractivity contribution in [1.29, 1.82) is 0 Å². The molecule has 2 nitrogen and oxygen atoms in total. The molecule has 19 heavy (non-hydrogen) atoms. The van der Waals surface area contributed by atoms with Gasteiger partial charge >= 0.3 is 0 Å². The summed E-state index contributed by atoms with van der Waals surface area (Å²) in [5.41, 5.74) is 1.71. The van der Waals surface area contributed by atoms with Gasteiger partial charge in [0, 0.05) is 22.0 Å². The van der Waals surface area contributed by atoms with Crippen molar-refractivity contribution in [3.05, 3.63) is 33.8 Å². The number of hydrogen-bond donors (Lipinski definition) is 1. The van der Waals surface area contributed by atoms with E-state index in [2.05, 4.69) is 21.2 Å². The lowest BCUT2D eigenvalue weighted by Crippen LogP contribution is -2.35. The predicted molar refractivity (Wildman–Crippen MR) is 82.8 cm³/mol. The topological polar surface area (TPSA) is 29.1 Å². The van der Waals surface area contributed by atoms with Crippen LogP contribution in [0.5, 0.6) is 0 Å². The van der Waals surface area contributed by atoms with Gasteiger partial charge in [0.05, 0.1) is 0 Å². The first kappa shape index (κ1) is 14.9. The van der Waals surface area contributed by atoms with Crippen LogP contribution in [-0.4, -0.2) is 17.8 Å². The number of alkyl halides is 1. The summed E-state index contributed by atoms with van der Waals surface area (Å²) in [5, 5.41) is 3.23. The summed E-state index contributed by atoms with van der Waals surface area (Å²) < 4.78 is 0.966. The molecular weight excluding hydrogens is 326 g/mol. The van der Waals surface area contributed by atoms with Crippen molar-refractivity contribution in [3.8, 4) is 0 Å². The number of rotatable bonds is 3. The predicted octanol–water partition coefficient (Wildman–Crippen LogP) is 4.28. The van der Waals surface area contributed by atoms with Gasteiger partial charge in [-0.3, -0.25) is 4.79 Å². The first-order chi connectivity index (χ1) is 9.09. The molecule has 2 atom stereocenters. The zero-order valence-corrected chi connectivity index (χ0v) is 13.4. The second-order valence-electron chi connectivity index (χ2n) is 5.18. The van der Waals surface area contributed by atoms with Crippen molar-refractivity contribution < 1.29 is 4.79 Å². The summed E-state index contributed by atoms with van der Waals surface area (Å²) in [4.78, 5) is 12.2. The number of nitrogens with one attached hydrogen (secondary N) is 1. The van der Waals surface area contributed by atoms with Crippen LogP contribution in [-0.2, 0) is 0 Å². The summed E-state index contributed by atoms with van der Waals surface area (Å²) >= 11 is 9.76. The normalized spacial score (nSPS) is 23.1. The molecule has 0 aliphatic heterocycles. The van der Waals surface area contributed by atoms with Crippen LogP contribution in [0.25, 0.3) is 0 Å². The second-order valence-corrected chi connectivity index (χ2v) is 6.60. The Kier molecular flexibility index (Phi) is 5.28. The van der Waals surface area contributed by atoms with Crippen LogP contribution >= 0.6 is 27.5 Å². The van der Waals surface area contributed by atoms with Crippen molar-refractivity contribution in [1.82, 2.24) is 5.32 Å². The zero-order valence-electron chi connectivity index (χ0n) is 11.1. The van der Waals surface area contributed by atoms with Gasteiger partial charge in [-0.1, -0.05) is 34.8 Å². The van der Waals surface area contributed by atoms with E-state index in [1.54, 1.807) is 0 Å². The van der Waals surface area contributed by atoms with Gasteiger partial charge < -0.3 is 5.32 Å². The van der Waals surface area contributed by atoms with Gasteiger partial charge in [0.15, 0.2) is 0 Å². The monoisotopic (exact) mass is 343 g/mol. The fourth-order valence-corrected chi connectivity index (χ4v) is 3.30. The molecule has 1 saturated carbocycles. The van der Waals surface area contributed by atoms with E-state index in [-0.39, 0.29) is 11.3 Å². The Morgan fingerprint density at radius 1 is 1.42 bits per heavy atom. The Balaban J connectivity index is 1.95. The van der Waals surface area contributed by atoms with Crippen LogP contribution in [0, 0.1) is 12.8 Å². The number of amides is 1. The molecule has 1 fully saturated rings. The Morgan fingerprint density at radius 2 is 2.16 bits per heavy atom. The second kappa shape index (κ2) is 6.76. The molecule has 4 heteroatoms. The van der Waals surface area contributed by atoms with Crippen LogP contribution in [0.3, 0.4) is 0 Å². The highest BCUT2D eigenvalue weighted by atomic mass is 79.9. The van der Waals surface area contributed by atoms with Crippen LogP contribution in [0.4, 0.5) is 0 Å². The highest BCUT2D eigenvalue weighted by Gasteiger charge is 2.23. The molecule has 1 amide bonds. The van der Waals surface area contributed by atoms with E-state index in [1.807, 2.05) is 25.1 Å². The lowest BCUT2D eigenvalue weighted by Gasteiger charge is -2.27. The number of halogens is 2. The largest absolute Gasteiger partial charge is 0.352 e. The van der Waals surface area contributed by atoms with Gasteiger partial charge in [0.25, 0.3) is 5.91 Å². The minimum atomic E-state index is -0.00626. The van der Waals surface area contributed by atoms with Gasteiger partial charge in [-0.15, -0.1) is 11.6 Å². The van der Waals surface area contributed by atoms with Crippen molar-refractivity contribution in [2.24, 2.45) is 5.92 Å². The molecule has 2 rings (SSSR count). The molecule has 1 aliphatic rings.